The van der Waals surface area contributed by atoms with Gasteiger partial charge >= 0.3 is 0 Å². The molecule has 0 spiro atoms. The summed E-state index contributed by atoms with van der Waals surface area (Å²) in [5, 5.41) is 4.54. The van der Waals surface area contributed by atoms with Crippen molar-refractivity contribution >= 4 is 43.6 Å². The molecule has 0 aliphatic carbocycles. The van der Waals surface area contributed by atoms with Crippen molar-refractivity contribution in [1.29, 1.82) is 0 Å². The number of aromatic nitrogens is 6. The van der Waals surface area contributed by atoms with Crippen LogP contribution < -0.4 is 0 Å². The van der Waals surface area contributed by atoms with Crippen molar-refractivity contribution in [2.45, 2.75) is 0 Å². The molecule has 0 N–H and O–H groups in total. The monoisotopic (exact) mass is 868 g/mol. The van der Waals surface area contributed by atoms with Crippen molar-refractivity contribution in [3.8, 4) is 79.2 Å². The zero-order valence-electron chi connectivity index (χ0n) is 36.8. The fraction of sp³-hybridized carbons (Fsp3) is 0. The quantitative estimate of drug-likeness (QED) is 0.153. The Balaban J connectivity index is 1.01. The molecule has 0 unspecified atom stereocenters. The van der Waals surface area contributed by atoms with E-state index in [1.165, 1.54) is 16.5 Å². The molecule has 0 amide bonds. The molecule has 0 atom stereocenters. The molecular formula is C62H40N6. The highest BCUT2D eigenvalue weighted by molar-refractivity contribution is 6.19. The minimum absolute atomic E-state index is 0.541. The summed E-state index contributed by atoms with van der Waals surface area (Å²) >= 11 is 0. The lowest BCUT2D eigenvalue weighted by Crippen LogP contribution is -2.06. The van der Waals surface area contributed by atoms with E-state index in [9.17, 15) is 0 Å². The van der Waals surface area contributed by atoms with Crippen LogP contribution in [0.3, 0.4) is 0 Å². The summed E-state index contributed by atoms with van der Waals surface area (Å²) in [5.74, 6) is 1.70. The van der Waals surface area contributed by atoms with E-state index in [1.54, 1.807) is 0 Å². The second-order valence-electron chi connectivity index (χ2n) is 17.1. The van der Waals surface area contributed by atoms with Crippen molar-refractivity contribution in [1.82, 2.24) is 29.1 Å². The number of rotatable bonds is 8. The average molecular weight is 869 g/mol. The van der Waals surface area contributed by atoms with Crippen molar-refractivity contribution in [2.24, 2.45) is 0 Å². The Labute approximate surface area is 392 Å². The Kier molecular flexibility index (Phi) is 9.39. The van der Waals surface area contributed by atoms with Gasteiger partial charge in [-0.25, -0.2) is 9.97 Å². The summed E-state index contributed by atoms with van der Waals surface area (Å²) in [6.07, 6.45) is 0. The van der Waals surface area contributed by atoms with Crippen LogP contribution in [-0.2, 0) is 0 Å². The molecule has 4 aromatic heterocycles. The Hall–Kier alpha value is -9.26. The van der Waals surface area contributed by atoms with Crippen LogP contribution in [0.15, 0.2) is 243 Å². The molecule has 318 valence electrons. The molecule has 0 radical (unpaired) electrons. The van der Waals surface area contributed by atoms with Crippen molar-refractivity contribution < 1.29 is 0 Å². The van der Waals surface area contributed by atoms with Gasteiger partial charge in [-0.05, 0) is 76.9 Å². The van der Waals surface area contributed by atoms with Crippen molar-refractivity contribution in [2.75, 3.05) is 0 Å². The summed E-state index contributed by atoms with van der Waals surface area (Å²) in [6, 6.07) is 85.1. The molecule has 13 rings (SSSR count). The van der Waals surface area contributed by atoms with Crippen LogP contribution in [0.4, 0.5) is 0 Å². The molecule has 4 heterocycles. The lowest BCUT2D eigenvalue weighted by Gasteiger charge is -2.13. The molecule has 0 aliphatic rings. The fourth-order valence-corrected chi connectivity index (χ4v) is 9.74. The molecule has 6 nitrogen and oxygen atoms in total. The van der Waals surface area contributed by atoms with Gasteiger partial charge in [0.2, 0.25) is 5.95 Å². The van der Waals surface area contributed by atoms with Gasteiger partial charge in [0.1, 0.15) is 0 Å². The summed E-state index contributed by atoms with van der Waals surface area (Å²) in [5.41, 5.74) is 15.5. The van der Waals surface area contributed by atoms with Gasteiger partial charge in [-0.1, -0.05) is 188 Å². The molecule has 9 aromatic carbocycles. The number of hydrogen-bond acceptors (Lipinski definition) is 4. The smallest absolute Gasteiger partial charge is 0.238 e. The van der Waals surface area contributed by atoms with E-state index >= 15 is 0 Å². The maximum Gasteiger partial charge on any atom is 0.238 e. The van der Waals surface area contributed by atoms with E-state index in [-0.39, 0.29) is 0 Å². The first-order valence-electron chi connectivity index (χ1n) is 22.9. The molecule has 0 aliphatic heterocycles. The van der Waals surface area contributed by atoms with E-state index in [0.29, 0.717) is 17.6 Å². The summed E-state index contributed by atoms with van der Waals surface area (Å²) < 4.78 is 4.61. The summed E-state index contributed by atoms with van der Waals surface area (Å²) in [6.45, 7) is 0. The number of pyridine rings is 1. The molecule has 68 heavy (non-hydrogen) atoms. The van der Waals surface area contributed by atoms with E-state index in [4.69, 9.17) is 19.9 Å². The standard InChI is InChI=1S/C62H40N6/c1-5-19-41(20-6-1)45-27-18-30-49(36-45)67-56-33-15-13-31-50(56)52-40-59-53(39-58(52)67)51-32-14-16-34-57(51)68(59)62-65-60(44-25-11-4-12-26-44)64-61(66-62)47-29-17-28-46(35-47)55-38-48(42-21-7-2-8-22-42)37-54(63-55)43-23-9-3-10-24-43/h1-40H. The van der Waals surface area contributed by atoms with Crippen LogP contribution in [0.1, 0.15) is 0 Å². The topological polar surface area (TPSA) is 61.4 Å². The first-order chi connectivity index (χ1) is 33.7. The zero-order valence-corrected chi connectivity index (χ0v) is 36.8. The highest BCUT2D eigenvalue weighted by Crippen LogP contribution is 2.40. The van der Waals surface area contributed by atoms with Crippen molar-refractivity contribution in [3.05, 3.63) is 243 Å². The molecule has 13 aromatic rings. The number of benzene rings is 9. The number of hydrogen-bond donors (Lipinski definition) is 0. The van der Waals surface area contributed by atoms with Crippen LogP contribution in [0.5, 0.6) is 0 Å². The Bertz CT molecular complexity index is 3950. The van der Waals surface area contributed by atoms with Gasteiger partial charge in [-0.2, -0.15) is 9.97 Å². The third kappa shape index (κ3) is 6.82. The average Bonchev–Trinajstić information content (AvgIpc) is 3.93. The van der Waals surface area contributed by atoms with Crippen LogP contribution >= 0.6 is 0 Å². The Morgan fingerprint density at radius 1 is 0.235 bits per heavy atom. The predicted octanol–water partition coefficient (Wildman–Crippen LogP) is 15.5. The number of para-hydroxylation sites is 2. The first-order valence-corrected chi connectivity index (χ1v) is 22.9. The Morgan fingerprint density at radius 3 is 1.34 bits per heavy atom. The van der Waals surface area contributed by atoms with E-state index in [1.807, 2.05) is 30.3 Å². The maximum absolute atomic E-state index is 5.39. The van der Waals surface area contributed by atoms with Gasteiger partial charge in [-0.3, -0.25) is 4.57 Å². The van der Waals surface area contributed by atoms with Gasteiger partial charge < -0.3 is 4.57 Å². The highest BCUT2D eigenvalue weighted by atomic mass is 15.2. The maximum atomic E-state index is 5.39. The molecule has 0 saturated carbocycles. The lowest BCUT2D eigenvalue weighted by atomic mass is 9.99. The lowest BCUT2D eigenvalue weighted by molar-refractivity contribution is 0.954. The predicted molar refractivity (Wildman–Crippen MR) is 279 cm³/mol. The molecular weight excluding hydrogens is 829 g/mol. The largest absolute Gasteiger partial charge is 0.309 e. The molecule has 6 heteroatoms. The molecule has 0 saturated heterocycles. The van der Waals surface area contributed by atoms with Crippen LogP contribution in [0.2, 0.25) is 0 Å². The molecule has 0 fully saturated rings. The minimum Gasteiger partial charge on any atom is -0.309 e. The van der Waals surface area contributed by atoms with Crippen molar-refractivity contribution in [3.63, 3.8) is 0 Å². The van der Waals surface area contributed by atoms with Gasteiger partial charge in [0.05, 0.1) is 33.5 Å². The van der Waals surface area contributed by atoms with Crippen LogP contribution in [-0.4, -0.2) is 29.1 Å². The summed E-state index contributed by atoms with van der Waals surface area (Å²) in [7, 11) is 0. The zero-order chi connectivity index (χ0) is 45.0. The first kappa shape index (κ1) is 39.1. The summed E-state index contributed by atoms with van der Waals surface area (Å²) in [4.78, 5) is 21.1. The van der Waals surface area contributed by atoms with Crippen LogP contribution in [0.25, 0.3) is 123 Å². The highest BCUT2D eigenvalue weighted by Gasteiger charge is 2.22. The van der Waals surface area contributed by atoms with Gasteiger partial charge in [-0.15, -0.1) is 0 Å². The van der Waals surface area contributed by atoms with E-state index in [0.717, 1.165) is 88.7 Å². The normalized spacial score (nSPS) is 11.5. The SMILES string of the molecule is c1ccc(-c2cccc(-n3c4ccccc4c4cc5c(cc43)c3ccccc3n5-c3nc(-c4ccccc4)nc(-c4cccc(-c5cc(-c6ccccc6)cc(-c6ccccc6)n5)c4)n3)c2)cc1. The second-order valence-corrected chi connectivity index (χ2v) is 17.1. The number of nitrogens with zero attached hydrogens (tertiary/aromatic N) is 6. The van der Waals surface area contributed by atoms with Gasteiger partial charge in [0.15, 0.2) is 11.6 Å². The Morgan fingerprint density at radius 2 is 0.691 bits per heavy atom. The number of fused-ring (bicyclic) bond motifs is 6. The van der Waals surface area contributed by atoms with Crippen LogP contribution in [0, 0.1) is 0 Å². The van der Waals surface area contributed by atoms with Gasteiger partial charge in [0, 0.05) is 49.5 Å². The minimum atomic E-state index is 0.541. The van der Waals surface area contributed by atoms with Gasteiger partial charge in [0.25, 0.3) is 0 Å². The second kappa shape index (κ2) is 16.3. The fourth-order valence-electron chi connectivity index (χ4n) is 9.74. The van der Waals surface area contributed by atoms with E-state index in [2.05, 4.69) is 221 Å². The molecule has 0 bridgehead atoms. The third-order valence-corrected chi connectivity index (χ3v) is 13.0. The third-order valence-electron chi connectivity index (χ3n) is 13.0. The van der Waals surface area contributed by atoms with E-state index < -0.39 is 0 Å².